The molecule has 2 nitrogen and oxygen atoms in total. The molecule has 0 aliphatic carbocycles. The number of ether oxygens (including phenoxy) is 1. The highest BCUT2D eigenvalue weighted by Gasteiger charge is 2.07. The molecule has 0 aromatic heterocycles. The molecule has 0 heterocycles. The molecule has 96 valence electrons. The lowest BCUT2D eigenvalue weighted by atomic mass is 10.1. The molecule has 1 aromatic carbocycles. The van der Waals surface area contributed by atoms with Gasteiger partial charge in [0, 0.05) is 5.57 Å². The van der Waals surface area contributed by atoms with Gasteiger partial charge in [-0.1, -0.05) is 48.9 Å². The van der Waals surface area contributed by atoms with E-state index in [0.717, 1.165) is 11.1 Å². The van der Waals surface area contributed by atoms with Crippen LogP contribution in [-0.2, 0) is 9.53 Å². The van der Waals surface area contributed by atoms with Crippen LogP contribution in [0.4, 0.5) is 0 Å². The molecule has 0 bridgehead atoms. The second kappa shape index (κ2) is 7.49. The SMILES string of the molecule is CCOC(=O)/C(=C/C(C)=C/c1ccccc1)CC. The first-order chi connectivity index (χ1) is 8.67. The van der Waals surface area contributed by atoms with Crippen LogP contribution in [0.25, 0.3) is 6.08 Å². The Morgan fingerprint density at radius 1 is 1.22 bits per heavy atom. The molecular formula is C16H20O2. The lowest BCUT2D eigenvalue weighted by Gasteiger charge is -2.04. The van der Waals surface area contributed by atoms with E-state index >= 15 is 0 Å². The van der Waals surface area contributed by atoms with Crippen LogP contribution in [0.15, 0.2) is 47.6 Å². The predicted octanol–water partition coefficient (Wildman–Crippen LogP) is 3.99. The van der Waals surface area contributed by atoms with E-state index in [1.54, 1.807) is 0 Å². The molecule has 0 radical (unpaired) electrons. The zero-order valence-corrected chi connectivity index (χ0v) is 11.3. The van der Waals surface area contributed by atoms with E-state index in [1.807, 2.05) is 57.2 Å². The summed E-state index contributed by atoms with van der Waals surface area (Å²) in [7, 11) is 0. The van der Waals surface area contributed by atoms with E-state index in [9.17, 15) is 4.79 Å². The second-order valence-electron chi connectivity index (χ2n) is 4.04. The highest BCUT2D eigenvalue weighted by Crippen LogP contribution is 2.12. The standard InChI is InChI=1S/C16H20O2/c1-4-15(16(17)18-5-2)12-13(3)11-14-9-7-6-8-10-14/h6-12H,4-5H2,1-3H3/b13-11+,15-12+. The minimum absolute atomic E-state index is 0.221. The topological polar surface area (TPSA) is 26.3 Å². The molecule has 0 N–H and O–H groups in total. The van der Waals surface area contributed by atoms with Gasteiger partial charge >= 0.3 is 5.97 Å². The maximum absolute atomic E-state index is 11.6. The second-order valence-corrected chi connectivity index (χ2v) is 4.04. The van der Waals surface area contributed by atoms with E-state index in [4.69, 9.17) is 4.74 Å². The minimum Gasteiger partial charge on any atom is -0.463 e. The van der Waals surface area contributed by atoms with Crippen molar-refractivity contribution in [1.29, 1.82) is 0 Å². The quantitative estimate of drug-likeness (QED) is 0.445. The lowest BCUT2D eigenvalue weighted by molar-refractivity contribution is -0.138. The molecule has 0 saturated carbocycles. The monoisotopic (exact) mass is 244 g/mol. The third kappa shape index (κ3) is 4.58. The lowest BCUT2D eigenvalue weighted by Crippen LogP contribution is -2.07. The van der Waals surface area contributed by atoms with Gasteiger partial charge in [0.1, 0.15) is 0 Å². The van der Waals surface area contributed by atoms with Gasteiger partial charge in [0.15, 0.2) is 0 Å². The fourth-order valence-electron chi connectivity index (χ4n) is 1.66. The zero-order chi connectivity index (χ0) is 13.4. The van der Waals surface area contributed by atoms with Crippen LogP contribution in [0.1, 0.15) is 32.8 Å². The third-order valence-corrected chi connectivity index (χ3v) is 2.51. The van der Waals surface area contributed by atoms with Crippen LogP contribution in [0.3, 0.4) is 0 Å². The Labute approximate surface area is 109 Å². The fraction of sp³-hybridized carbons (Fsp3) is 0.312. The number of benzene rings is 1. The van der Waals surface area contributed by atoms with E-state index in [1.165, 1.54) is 0 Å². The Morgan fingerprint density at radius 2 is 1.89 bits per heavy atom. The van der Waals surface area contributed by atoms with Crippen LogP contribution in [0.5, 0.6) is 0 Å². The van der Waals surface area contributed by atoms with Crippen molar-refractivity contribution in [2.24, 2.45) is 0 Å². The summed E-state index contributed by atoms with van der Waals surface area (Å²) in [5, 5.41) is 0. The van der Waals surface area contributed by atoms with Gasteiger partial charge in [-0.2, -0.15) is 0 Å². The van der Waals surface area contributed by atoms with Gasteiger partial charge in [0.2, 0.25) is 0 Å². The number of carbonyl (C=O) groups is 1. The van der Waals surface area contributed by atoms with Gasteiger partial charge in [-0.3, -0.25) is 0 Å². The summed E-state index contributed by atoms with van der Waals surface area (Å²) < 4.78 is 5.01. The van der Waals surface area contributed by atoms with Crippen molar-refractivity contribution < 1.29 is 9.53 Å². The number of carbonyl (C=O) groups excluding carboxylic acids is 1. The van der Waals surface area contributed by atoms with Gasteiger partial charge in [-0.25, -0.2) is 4.79 Å². The van der Waals surface area contributed by atoms with Crippen molar-refractivity contribution in [1.82, 2.24) is 0 Å². The van der Waals surface area contributed by atoms with Crippen LogP contribution in [0.2, 0.25) is 0 Å². The van der Waals surface area contributed by atoms with Crippen molar-refractivity contribution in [2.75, 3.05) is 6.61 Å². The number of rotatable bonds is 5. The van der Waals surface area contributed by atoms with E-state index < -0.39 is 0 Å². The van der Waals surface area contributed by atoms with Crippen molar-refractivity contribution in [2.45, 2.75) is 27.2 Å². The van der Waals surface area contributed by atoms with Gasteiger partial charge < -0.3 is 4.74 Å². The van der Waals surface area contributed by atoms with Crippen molar-refractivity contribution in [3.8, 4) is 0 Å². The first-order valence-corrected chi connectivity index (χ1v) is 6.28. The van der Waals surface area contributed by atoms with Crippen LogP contribution < -0.4 is 0 Å². The third-order valence-electron chi connectivity index (χ3n) is 2.51. The molecule has 2 heteroatoms. The normalized spacial score (nSPS) is 12.4. The molecule has 18 heavy (non-hydrogen) atoms. The van der Waals surface area contributed by atoms with Crippen LogP contribution >= 0.6 is 0 Å². The Balaban J connectivity index is 2.86. The molecule has 0 aliphatic heterocycles. The molecular weight excluding hydrogens is 224 g/mol. The molecule has 0 fully saturated rings. The molecule has 0 aliphatic rings. The Bertz CT molecular complexity index is 441. The summed E-state index contributed by atoms with van der Waals surface area (Å²) in [5.41, 5.74) is 2.89. The van der Waals surface area contributed by atoms with Gasteiger partial charge in [-0.05, 0) is 31.9 Å². The van der Waals surface area contributed by atoms with Crippen LogP contribution in [0, 0.1) is 0 Å². The number of allylic oxidation sites excluding steroid dienone is 2. The Hall–Kier alpha value is -1.83. The predicted molar refractivity (Wildman–Crippen MR) is 75.1 cm³/mol. The van der Waals surface area contributed by atoms with Crippen molar-refractivity contribution >= 4 is 12.0 Å². The maximum atomic E-state index is 11.6. The number of hydrogen-bond donors (Lipinski definition) is 0. The molecule has 0 saturated heterocycles. The van der Waals surface area contributed by atoms with E-state index in [-0.39, 0.29) is 5.97 Å². The van der Waals surface area contributed by atoms with Crippen molar-refractivity contribution in [3.05, 3.63) is 53.1 Å². The molecule has 0 amide bonds. The minimum atomic E-state index is -0.221. The van der Waals surface area contributed by atoms with E-state index in [0.29, 0.717) is 18.6 Å². The highest BCUT2D eigenvalue weighted by atomic mass is 16.5. The average Bonchev–Trinajstić information content (AvgIpc) is 2.37. The maximum Gasteiger partial charge on any atom is 0.333 e. The molecule has 1 aromatic rings. The molecule has 0 spiro atoms. The largest absolute Gasteiger partial charge is 0.463 e. The summed E-state index contributed by atoms with van der Waals surface area (Å²) in [6, 6.07) is 10.0. The van der Waals surface area contributed by atoms with Crippen LogP contribution in [-0.4, -0.2) is 12.6 Å². The number of hydrogen-bond acceptors (Lipinski definition) is 2. The summed E-state index contributed by atoms with van der Waals surface area (Å²) in [4.78, 5) is 11.6. The molecule has 1 rings (SSSR count). The summed E-state index contributed by atoms with van der Waals surface area (Å²) in [6.07, 6.45) is 4.62. The summed E-state index contributed by atoms with van der Waals surface area (Å²) in [6.45, 7) is 6.18. The Kier molecular flexibility index (Phi) is 5.92. The smallest absolute Gasteiger partial charge is 0.333 e. The molecule has 0 atom stereocenters. The highest BCUT2D eigenvalue weighted by molar-refractivity contribution is 5.89. The van der Waals surface area contributed by atoms with Gasteiger partial charge in [0.25, 0.3) is 0 Å². The number of esters is 1. The summed E-state index contributed by atoms with van der Waals surface area (Å²) >= 11 is 0. The summed E-state index contributed by atoms with van der Waals surface area (Å²) in [5.74, 6) is -0.221. The fourth-order valence-corrected chi connectivity index (χ4v) is 1.66. The van der Waals surface area contributed by atoms with Crippen molar-refractivity contribution in [3.63, 3.8) is 0 Å². The first kappa shape index (κ1) is 14.2. The zero-order valence-electron chi connectivity index (χ0n) is 11.3. The van der Waals surface area contributed by atoms with Gasteiger partial charge in [-0.15, -0.1) is 0 Å². The Morgan fingerprint density at radius 3 is 2.44 bits per heavy atom. The van der Waals surface area contributed by atoms with Gasteiger partial charge in [0.05, 0.1) is 6.61 Å². The average molecular weight is 244 g/mol. The van der Waals surface area contributed by atoms with E-state index in [2.05, 4.69) is 6.08 Å². The first-order valence-electron chi connectivity index (χ1n) is 6.28. The molecule has 0 unspecified atom stereocenters.